The molecule has 0 radical (unpaired) electrons. The van der Waals surface area contributed by atoms with Gasteiger partial charge in [-0.2, -0.15) is 0 Å². The number of terminal acetylenes is 1. The SMILES string of the molecule is C#CC1CCC2NC=CC2C1. The molecular weight excluding hydrogens is 134 g/mol. The summed E-state index contributed by atoms with van der Waals surface area (Å²) < 4.78 is 0. The molecule has 1 saturated carbocycles. The molecule has 1 heterocycles. The molecule has 1 aliphatic carbocycles. The molecule has 0 aromatic rings. The summed E-state index contributed by atoms with van der Waals surface area (Å²) in [6, 6.07) is 0.694. The van der Waals surface area contributed by atoms with Crippen molar-refractivity contribution in [2.75, 3.05) is 0 Å². The number of hydrogen-bond acceptors (Lipinski definition) is 1. The van der Waals surface area contributed by atoms with Crippen LogP contribution in [0.4, 0.5) is 0 Å². The van der Waals surface area contributed by atoms with E-state index in [0.29, 0.717) is 17.9 Å². The summed E-state index contributed by atoms with van der Waals surface area (Å²) in [6.45, 7) is 0. The second-order valence-electron chi connectivity index (χ2n) is 3.47. The van der Waals surface area contributed by atoms with Crippen molar-refractivity contribution < 1.29 is 0 Å². The van der Waals surface area contributed by atoms with Gasteiger partial charge in [0.2, 0.25) is 0 Å². The number of fused-ring (bicyclic) bond motifs is 1. The lowest BCUT2D eigenvalue weighted by Gasteiger charge is -2.28. The van der Waals surface area contributed by atoms with Crippen molar-refractivity contribution >= 4 is 0 Å². The Hall–Kier alpha value is -0.900. The Labute approximate surface area is 67.9 Å². The summed E-state index contributed by atoms with van der Waals surface area (Å²) in [5, 5.41) is 3.35. The summed E-state index contributed by atoms with van der Waals surface area (Å²) >= 11 is 0. The number of hydrogen-bond donors (Lipinski definition) is 1. The zero-order valence-electron chi connectivity index (χ0n) is 6.59. The largest absolute Gasteiger partial charge is 0.388 e. The van der Waals surface area contributed by atoms with E-state index in [1.54, 1.807) is 0 Å². The van der Waals surface area contributed by atoms with Crippen LogP contribution in [0.5, 0.6) is 0 Å². The van der Waals surface area contributed by atoms with Crippen LogP contribution >= 0.6 is 0 Å². The monoisotopic (exact) mass is 147 g/mol. The standard InChI is InChI=1S/C10H13N/c1-2-8-3-4-10-9(7-8)5-6-11-10/h1,5-6,8-11H,3-4,7H2. The van der Waals surface area contributed by atoms with Gasteiger partial charge in [0.15, 0.2) is 0 Å². The maximum atomic E-state index is 5.39. The van der Waals surface area contributed by atoms with Crippen molar-refractivity contribution in [3.63, 3.8) is 0 Å². The van der Waals surface area contributed by atoms with Gasteiger partial charge in [-0.25, -0.2) is 0 Å². The highest BCUT2D eigenvalue weighted by atomic mass is 14.9. The molecule has 0 bridgehead atoms. The first-order valence-corrected chi connectivity index (χ1v) is 4.29. The smallest absolute Gasteiger partial charge is 0.0319 e. The third-order valence-electron chi connectivity index (χ3n) is 2.79. The molecule has 0 aromatic carbocycles. The molecule has 0 amide bonds. The molecule has 3 atom stereocenters. The molecule has 58 valence electrons. The van der Waals surface area contributed by atoms with Crippen LogP contribution in [0.25, 0.3) is 0 Å². The highest BCUT2D eigenvalue weighted by molar-refractivity contribution is 5.09. The summed E-state index contributed by atoms with van der Waals surface area (Å²) in [5.74, 6) is 4.10. The van der Waals surface area contributed by atoms with Gasteiger partial charge in [-0.1, -0.05) is 6.08 Å². The van der Waals surface area contributed by atoms with E-state index in [2.05, 4.69) is 23.5 Å². The van der Waals surface area contributed by atoms with E-state index in [1.807, 2.05) is 0 Å². The molecule has 0 saturated heterocycles. The van der Waals surface area contributed by atoms with Gasteiger partial charge < -0.3 is 5.32 Å². The zero-order valence-corrected chi connectivity index (χ0v) is 6.59. The summed E-state index contributed by atoms with van der Waals surface area (Å²) in [7, 11) is 0. The first-order chi connectivity index (χ1) is 5.40. The van der Waals surface area contributed by atoms with Crippen LogP contribution < -0.4 is 5.32 Å². The fourth-order valence-corrected chi connectivity index (χ4v) is 2.08. The van der Waals surface area contributed by atoms with Crippen LogP contribution in [0.3, 0.4) is 0 Å². The Bertz CT molecular complexity index is 211. The lowest BCUT2D eigenvalue weighted by molar-refractivity contribution is 0.308. The van der Waals surface area contributed by atoms with Gasteiger partial charge in [0.1, 0.15) is 0 Å². The molecule has 1 nitrogen and oxygen atoms in total. The summed E-state index contributed by atoms with van der Waals surface area (Å²) in [5.41, 5.74) is 0. The van der Waals surface area contributed by atoms with Gasteiger partial charge in [0.25, 0.3) is 0 Å². The maximum Gasteiger partial charge on any atom is 0.0319 e. The van der Waals surface area contributed by atoms with E-state index in [1.165, 1.54) is 19.3 Å². The van der Waals surface area contributed by atoms with Crippen LogP contribution in [0.1, 0.15) is 19.3 Å². The van der Waals surface area contributed by atoms with Crippen LogP contribution in [0, 0.1) is 24.2 Å². The predicted molar refractivity (Wildman–Crippen MR) is 45.7 cm³/mol. The normalized spacial score (nSPS) is 40.8. The third-order valence-corrected chi connectivity index (χ3v) is 2.79. The molecule has 11 heavy (non-hydrogen) atoms. The lowest BCUT2D eigenvalue weighted by atomic mass is 9.80. The highest BCUT2D eigenvalue weighted by Crippen LogP contribution is 2.31. The minimum absolute atomic E-state index is 0.529. The summed E-state index contributed by atoms with van der Waals surface area (Å²) in [4.78, 5) is 0. The molecule has 3 unspecified atom stereocenters. The van der Waals surface area contributed by atoms with E-state index in [0.717, 1.165) is 0 Å². The summed E-state index contributed by atoms with van der Waals surface area (Å²) in [6.07, 6.45) is 13.4. The van der Waals surface area contributed by atoms with Gasteiger partial charge >= 0.3 is 0 Å². The van der Waals surface area contributed by atoms with Crippen molar-refractivity contribution in [1.82, 2.24) is 5.32 Å². The van der Waals surface area contributed by atoms with Crippen LogP contribution in [0.15, 0.2) is 12.3 Å². The molecular formula is C10H13N. The number of nitrogens with one attached hydrogen (secondary N) is 1. The molecule has 0 aromatic heterocycles. The molecule has 1 fully saturated rings. The average Bonchev–Trinajstić information content (AvgIpc) is 2.50. The Morgan fingerprint density at radius 2 is 2.36 bits per heavy atom. The minimum Gasteiger partial charge on any atom is -0.388 e. The van der Waals surface area contributed by atoms with E-state index in [4.69, 9.17) is 6.42 Å². The van der Waals surface area contributed by atoms with Crippen LogP contribution in [-0.4, -0.2) is 6.04 Å². The van der Waals surface area contributed by atoms with E-state index >= 15 is 0 Å². The van der Waals surface area contributed by atoms with Gasteiger partial charge in [-0.3, -0.25) is 0 Å². The second kappa shape index (κ2) is 2.62. The Balaban J connectivity index is 2.02. The van der Waals surface area contributed by atoms with E-state index in [9.17, 15) is 0 Å². The second-order valence-corrected chi connectivity index (χ2v) is 3.47. The molecule has 2 rings (SSSR count). The molecule has 0 spiro atoms. The lowest BCUT2D eigenvalue weighted by Crippen LogP contribution is -2.32. The zero-order chi connectivity index (χ0) is 7.68. The van der Waals surface area contributed by atoms with Gasteiger partial charge in [-0.15, -0.1) is 12.3 Å². The van der Waals surface area contributed by atoms with Crippen molar-refractivity contribution in [3.8, 4) is 12.3 Å². The van der Waals surface area contributed by atoms with Crippen molar-refractivity contribution in [2.45, 2.75) is 25.3 Å². The Kier molecular flexibility index (Phi) is 1.62. The fraction of sp³-hybridized carbons (Fsp3) is 0.600. The molecule has 1 aliphatic heterocycles. The predicted octanol–water partition coefficient (Wildman–Crippen LogP) is 1.52. The molecule has 1 heteroatoms. The maximum absolute atomic E-state index is 5.39. The topological polar surface area (TPSA) is 12.0 Å². The Morgan fingerprint density at radius 1 is 1.45 bits per heavy atom. The van der Waals surface area contributed by atoms with Crippen LogP contribution in [-0.2, 0) is 0 Å². The average molecular weight is 147 g/mol. The van der Waals surface area contributed by atoms with Crippen molar-refractivity contribution in [2.24, 2.45) is 11.8 Å². The molecule has 1 N–H and O–H groups in total. The molecule has 2 aliphatic rings. The van der Waals surface area contributed by atoms with Crippen molar-refractivity contribution in [3.05, 3.63) is 12.3 Å². The highest BCUT2D eigenvalue weighted by Gasteiger charge is 2.29. The fourth-order valence-electron chi connectivity index (χ4n) is 2.08. The Morgan fingerprint density at radius 3 is 3.18 bits per heavy atom. The van der Waals surface area contributed by atoms with E-state index in [-0.39, 0.29) is 0 Å². The third kappa shape index (κ3) is 1.14. The van der Waals surface area contributed by atoms with Gasteiger partial charge in [-0.05, 0) is 31.4 Å². The van der Waals surface area contributed by atoms with Crippen molar-refractivity contribution in [1.29, 1.82) is 0 Å². The van der Waals surface area contributed by atoms with Crippen LogP contribution in [0.2, 0.25) is 0 Å². The van der Waals surface area contributed by atoms with Gasteiger partial charge in [0, 0.05) is 12.0 Å². The number of rotatable bonds is 0. The first kappa shape index (κ1) is 6.79. The minimum atomic E-state index is 0.529. The first-order valence-electron chi connectivity index (χ1n) is 4.29. The van der Waals surface area contributed by atoms with Gasteiger partial charge in [0.05, 0.1) is 0 Å². The quantitative estimate of drug-likeness (QED) is 0.512. The van der Waals surface area contributed by atoms with E-state index < -0.39 is 0 Å².